The fraction of sp³-hybridized carbons (Fsp3) is 0.333. The molecule has 0 radical (unpaired) electrons. The summed E-state index contributed by atoms with van der Waals surface area (Å²) in [5, 5.41) is 0.408. The van der Waals surface area contributed by atoms with Gasteiger partial charge in [-0.1, -0.05) is 11.6 Å². The normalized spacial score (nSPS) is 18.8. The Balaban J connectivity index is 2.37. The Kier molecular flexibility index (Phi) is 4.01. The van der Waals surface area contributed by atoms with Gasteiger partial charge in [0.15, 0.2) is 0 Å². The van der Waals surface area contributed by atoms with Crippen LogP contribution in [0.1, 0.15) is 6.42 Å². The third kappa shape index (κ3) is 2.69. The fourth-order valence-corrected chi connectivity index (χ4v) is 2.92. The first-order chi connectivity index (χ1) is 8.93. The van der Waals surface area contributed by atoms with Crippen molar-refractivity contribution in [2.75, 3.05) is 18.6 Å². The molecule has 102 valence electrons. The van der Waals surface area contributed by atoms with E-state index < -0.39 is 11.8 Å². The van der Waals surface area contributed by atoms with Gasteiger partial charge in [0, 0.05) is 19.0 Å². The first-order valence-electron chi connectivity index (χ1n) is 5.56. The summed E-state index contributed by atoms with van der Waals surface area (Å²) in [6.45, 7) is 0.249. The molecule has 1 heterocycles. The summed E-state index contributed by atoms with van der Waals surface area (Å²) in [6.07, 6.45) is 0.115. The van der Waals surface area contributed by atoms with Gasteiger partial charge < -0.3 is 15.4 Å². The van der Waals surface area contributed by atoms with E-state index in [1.807, 2.05) is 0 Å². The van der Waals surface area contributed by atoms with E-state index in [2.05, 4.69) is 15.9 Å². The number of carbonyl (C=O) groups is 2. The van der Waals surface area contributed by atoms with E-state index in [1.165, 1.54) is 12.0 Å². The van der Waals surface area contributed by atoms with Crippen LogP contribution in [0.25, 0.3) is 0 Å². The van der Waals surface area contributed by atoms with Crippen LogP contribution >= 0.6 is 27.5 Å². The molecule has 2 amide bonds. The third-order valence-corrected chi connectivity index (χ3v) is 3.96. The van der Waals surface area contributed by atoms with E-state index in [0.29, 0.717) is 20.9 Å². The molecule has 0 bridgehead atoms. The van der Waals surface area contributed by atoms with Crippen LogP contribution in [-0.2, 0) is 9.59 Å². The van der Waals surface area contributed by atoms with Crippen molar-refractivity contribution in [3.05, 3.63) is 21.6 Å². The number of hydrogen-bond acceptors (Lipinski definition) is 3. The van der Waals surface area contributed by atoms with Crippen LogP contribution in [0.4, 0.5) is 5.69 Å². The molecule has 0 saturated carbocycles. The highest BCUT2D eigenvalue weighted by molar-refractivity contribution is 9.10. The second-order valence-electron chi connectivity index (χ2n) is 4.25. The lowest BCUT2D eigenvalue weighted by atomic mass is 10.1. The highest BCUT2D eigenvalue weighted by Gasteiger charge is 2.35. The number of nitrogens with zero attached hydrogens (tertiary/aromatic N) is 1. The van der Waals surface area contributed by atoms with Crippen molar-refractivity contribution >= 4 is 45.0 Å². The number of methoxy groups -OCH3 is 1. The summed E-state index contributed by atoms with van der Waals surface area (Å²) in [5.74, 6) is -0.556. The second kappa shape index (κ2) is 5.38. The van der Waals surface area contributed by atoms with Gasteiger partial charge in [-0.15, -0.1) is 0 Å². The molecule has 7 heteroatoms. The summed E-state index contributed by atoms with van der Waals surface area (Å²) in [5.41, 5.74) is 5.76. The lowest BCUT2D eigenvalue weighted by Gasteiger charge is -2.19. The molecule has 19 heavy (non-hydrogen) atoms. The number of carbonyl (C=O) groups excluding carboxylic acids is 2. The van der Waals surface area contributed by atoms with Crippen molar-refractivity contribution in [3.8, 4) is 5.75 Å². The highest BCUT2D eigenvalue weighted by atomic mass is 79.9. The number of anilines is 1. The number of rotatable bonds is 3. The average molecular weight is 348 g/mol. The van der Waals surface area contributed by atoms with Gasteiger partial charge >= 0.3 is 0 Å². The molecular formula is C12H12BrClN2O3. The summed E-state index contributed by atoms with van der Waals surface area (Å²) >= 11 is 9.45. The van der Waals surface area contributed by atoms with Crippen molar-refractivity contribution in [3.63, 3.8) is 0 Å². The minimum atomic E-state index is -0.476. The van der Waals surface area contributed by atoms with E-state index in [1.54, 1.807) is 12.1 Å². The molecule has 1 saturated heterocycles. The molecule has 2 N–H and O–H groups in total. The maximum atomic E-state index is 11.9. The first-order valence-corrected chi connectivity index (χ1v) is 6.74. The molecule has 1 fully saturated rings. The molecule has 2 rings (SSSR count). The largest absolute Gasteiger partial charge is 0.495 e. The number of hydrogen-bond donors (Lipinski definition) is 1. The number of nitrogens with two attached hydrogens (primary N) is 1. The van der Waals surface area contributed by atoms with Gasteiger partial charge in [0.1, 0.15) is 5.75 Å². The van der Waals surface area contributed by atoms with E-state index in [4.69, 9.17) is 22.1 Å². The predicted molar refractivity (Wildman–Crippen MR) is 75.4 cm³/mol. The van der Waals surface area contributed by atoms with Gasteiger partial charge in [0.2, 0.25) is 11.8 Å². The number of halogens is 2. The minimum Gasteiger partial charge on any atom is -0.495 e. The SMILES string of the molecule is COc1cc(N2CC(C(N)=O)CC2=O)c(Cl)cc1Br. The third-order valence-electron chi connectivity index (χ3n) is 3.04. The van der Waals surface area contributed by atoms with Crippen molar-refractivity contribution in [1.82, 2.24) is 0 Å². The predicted octanol–water partition coefficient (Wildman–Crippen LogP) is 1.95. The van der Waals surface area contributed by atoms with Gasteiger partial charge in [-0.05, 0) is 22.0 Å². The van der Waals surface area contributed by atoms with Crippen molar-refractivity contribution in [2.45, 2.75) is 6.42 Å². The fourth-order valence-electron chi connectivity index (χ4n) is 2.01. The maximum Gasteiger partial charge on any atom is 0.227 e. The standard InChI is InChI=1S/C12H12BrClN2O3/c1-19-10-4-9(8(14)3-7(10)13)16-5-6(12(15)18)2-11(16)17/h3-4,6H,2,5H2,1H3,(H2,15,18). The van der Waals surface area contributed by atoms with E-state index in [0.717, 1.165) is 0 Å². The smallest absolute Gasteiger partial charge is 0.227 e. The average Bonchev–Trinajstić information content (AvgIpc) is 2.72. The Bertz CT molecular complexity index is 550. The summed E-state index contributed by atoms with van der Waals surface area (Å²) in [4.78, 5) is 24.6. The van der Waals surface area contributed by atoms with Crippen LogP contribution in [0.15, 0.2) is 16.6 Å². The monoisotopic (exact) mass is 346 g/mol. The van der Waals surface area contributed by atoms with E-state index in [9.17, 15) is 9.59 Å². The number of benzene rings is 1. The minimum absolute atomic E-state index is 0.115. The molecule has 1 atom stereocenters. The molecule has 1 aliphatic heterocycles. The Labute approximate surface area is 123 Å². The molecule has 0 spiro atoms. The molecule has 5 nitrogen and oxygen atoms in total. The van der Waals surface area contributed by atoms with Crippen LogP contribution in [0.5, 0.6) is 5.75 Å². The zero-order valence-electron chi connectivity index (χ0n) is 10.2. The van der Waals surface area contributed by atoms with Crippen LogP contribution in [0, 0.1) is 5.92 Å². The topological polar surface area (TPSA) is 72.6 Å². The molecule has 0 aliphatic carbocycles. The molecule has 1 aliphatic rings. The second-order valence-corrected chi connectivity index (χ2v) is 5.51. The quantitative estimate of drug-likeness (QED) is 0.908. The van der Waals surface area contributed by atoms with Crippen molar-refractivity contribution in [2.24, 2.45) is 11.7 Å². The molecule has 1 aromatic carbocycles. The Morgan fingerprint density at radius 2 is 2.26 bits per heavy atom. The lowest BCUT2D eigenvalue weighted by molar-refractivity contribution is -0.123. The highest BCUT2D eigenvalue weighted by Crippen LogP contribution is 2.38. The Morgan fingerprint density at radius 1 is 1.58 bits per heavy atom. The van der Waals surface area contributed by atoms with Gasteiger partial charge in [-0.3, -0.25) is 9.59 Å². The molecular weight excluding hydrogens is 335 g/mol. The van der Waals surface area contributed by atoms with Crippen molar-refractivity contribution in [1.29, 1.82) is 0 Å². The van der Waals surface area contributed by atoms with Gasteiger partial charge in [0.25, 0.3) is 0 Å². The number of amides is 2. The zero-order chi connectivity index (χ0) is 14.2. The van der Waals surface area contributed by atoms with Crippen LogP contribution in [-0.4, -0.2) is 25.5 Å². The summed E-state index contributed by atoms with van der Waals surface area (Å²) < 4.78 is 5.87. The molecule has 0 aromatic heterocycles. The zero-order valence-corrected chi connectivity index (χ0v) is 12.5. The maximum absolute atomic E-state index is 11.9. The van der Waals surface area contributed by atoms with Crippen molar-refractivity contribution < 1.29 is 14.3 Å². The summed E-state index contributed by atoms with van der Waals surface area (Å²) in [7, 11) is 1.52. The number of primary amides is 1. The van der Waals surface area contributed by atoms with E-state index >= 15 is 0 Å². The van der Waals surface area contributed by atoms with E-state index in [-0.39, 0.29) is 18.9 Å². The lowest BCUT2D eigenvalue weighted by Crippen LogP contribution is -2.28. The first kappa shape index (κ1) is 14.1. The number of ether oxygens (including phenoxy) is 1. The molecule has 1 unspecified atom stereocenters. The van der Waals surface area contributed by atoms with Crippen LogP contribution in [0.3, 0.4) is 0 Å². The summed E-state index contributed by atoms with van der Waals surface area (Å²) in [6, 6.07) is 3.31. The van der Waals surface area contributed by atoms with Gasteiger partial charge in [-0.2, -0.15) is 0 Å². The van der Waals surface area contributed by atoms with Crippen LogP contribution < -0.4 is 15.4 Å². The van der Waals surface area contributed by atoms with Gasteiger partial charge in [0.05, 0.1) is 28.2 Å². The van der Waals surface area contributed by atoms with Gasteiger partial charge in [-0.25, -0.2) is 0 Å². The van der Waals surface area contributed by atoms with Crippen LogP contribution in [0.2, 0.25) is 5.02 Å². The molecule has 1 aromatic rings. The Morgan fingerprint density at radius 3 is 2.79 bits per heavy atom. The Hall–Kier alpha value is -1.27.